The van der Waals surface area contributed by atoms with Crippen LogP contribution >= 0.6 is 7.82 Å². The molecule has 4 atom stereocenters. The van der Waals surface area contributed by atoms with E-state index in [-0.39, 0.29) is 44.8 Å². The zero-order chi connectivity index (χ0) is 42.2. The van der Waals surface area contributed by atoms with E-state index < -0.39 is 32.5 Å². The van der Waals surface area contributed by atoms with E-state index in [9.17, 15) is 19.0 Å². The van der Waals surface area contributed by atoms with Crippen molar-refractivity contribution < 1.29 is 42.3 Å². The second-order valence-electron chi connectivity index (χ2n) is 13.9. The molecule has 3 unspecified atom stereocenters. The van der Waals surface area contributed by atoms with Gasteiger partial charge in [-0.3, -0.25) is 18.6 Å². The summed E-state index contributed by atoms with van der Waals surface area (Å²) in [7, 11) is -4.42. The third kappa shape index (κ3) is 34.7. The highest BCUT2D eigenvalue weighted by atomic mass is 31.2. The monoisotopic (exact) mass is 828 g/mol. The fraction of sp³-hybridized carbons (Fsp3) is 0.574. The number of ether oxygens (including phenoxy) is 3. The number of hydrogen-bond donors (Lipinski definition) is 2. The van der Waals surface area contributed by atoms with E-state index in [1.807, 2.05) is 18.2 Å². The van der Waals surface area contributed by atoms with Gasteiger partial charge in [0.25, 0.3) is 0 Å². The van der Waals surface area contributed by atoms with Crippen molar-refractivity contribution in [1.29, 1.82) is 0 Å². The standard InChI is InChI=1S/C47H74NO9P/c1-3-5-7-9-11-13-14-15-16-17-18-19-20-21-22-24-26-28-34-38-47(50)56-43(42-55-58(51,52)54-40-39-48)41-53-46(49)37-33-30-29-32-36-45-44(57-45)35-31-27-25-23-12-10-8-6-4-2/h5,7,11-13,15-16,18-19,21-23,26-29,31-32,43-45H,3-4,6,8-10,14,17,20,24-25,30,33-42,48H2,1-2H3,(H,51,52)/b7-5-,13-11-,16-15-,19-18-,22-21-,23-12-,28-26-,31-27-,32-29-/t43-,44?,45?/m1/s1. The van der Waals surface area contributed by atoms with Crippen LogP contribution in [-0.4, -0.2) is 61.5 Å². The first kappa shape index (κ1) is 52.6. The quantitative estimate of drug-likeness (QED) is 0.0204. The van der Waals surface area contributed by atoms with Crippen molar-refractivity contribution in [1.82, 2.24) is 0 Å². The number of allylic oxidation sites excluding steroid dienone is 16. The van der Waals surface area contributed by atoms with Gasteiger partial charge in [0.1, 0.15) is 6.61 Å². The second-order valence-corrected chi connectivity index (χ2v) is 15.3. The van der Waals surface area contributed by atoms with E-state index in [0.717, 1.165) is 64.2 Å². The second kappa shape index (κ2) is 37.9. The van der Waals surface area contributed by atoms with Crippen LogP contribution in [0.5, 0.6) is 0 Å². The number of phosphoric ester groups is 1. The molecule has 0 aliphatic carbocycles. The minimum Gasteiger partial charge on any atom is -0.462 e. The summed E-state index contributed by atoms with van der Waals surface area (Å²) in [6.07, 6.45) is 53.1. The highest BCUT2D eigenvalue weighted by Crippen LogP contribution is 2.43. The Bertz CT molecular complexity index is 1380. The SMILES string of the molecule is CC/C=C\C/C=C\C/C=C\C/C=C\C/C=C\C/C=C\CCC(=O)O[C@H](COC(=O)CCC/C=C\CC1OC1C/C=C\C/C=C\CCCCC)COP(=O)(O)OCCN. The summed E-state index contributed by atoms with van der Waals surface area (Å²) in [5.74, 6) is -1.01. The average molecular weight is 828 g/mol. The van der Waals surface area contributed by atoms with E-state index in [2.05, 4.69) is 105 Å². The molecule has 0 aromatic carbocycles. The predicted octanol–water partition coefficient (Wildman–Crippen LogP) is 11.4. The number of esters is 2. The van der Waals surface area contributed by atoms with Crippen molar-refractivity contribution in [2.75, 3.05) is 26.4 Å². The van der Waals surface area contributed by atoms with Gasteiger partial charge in [-0.15, -0.1) is 0 Å². The Morgan fingerprint density at radius 1 is 0.621 bits per heavy atom. The molecule has 1 rings (SSSR count). The van der Waals surface area contributed by atoms with Crippen LogP contribution in [0.2, 0.25) is 0 Å². The lowest BCUT2D eigenvalue weighted by Crippen LogP contribution is -2.29. The zero-order valence-corrected chi connectivity index (χ0v) is 36.3. The fourth-order valence-corrected chi connectivity index (χ4v) is 6.05. The third-order valence-corrected chi connectivity index (χ3v) is 9.54. The van der Waals surface area contributed by atoms with Gasteiger partial charge in [-0.05, 0) is 89.9 Å². The Morgan fingerprint density at radius 3 is 1.69 bits per heavy atom. The zero-order valence-electron chi connectivity index (χ0n) is 35.4. The molecule has 326 valence electrons. The molecule has 1 fully saturated rings. The summed E-state index contributed by atoms with van der Waals surface area (Å²) in [4.78, 5) is 34.9. The molecule has 3 N–H and O–H groups in total. The molecule has 1 aliphatic heterocycles. The average Bonchev–Trinajstić information content (AvgIpc) is 3.97. The number of phosphoric acid groups is 1. The molecule has 1 aliphatic rings. The molecule has 58 heavy (non-hydrogen) atoms. The van der Waals surface area contributed by atoms with Gasteiger partial charge >= 0.3 is 19.8 Å². The Morgan fingerprint density at radius 2 is 1.12 bits per heavy atom. The fourth-order valence-electron chi connectivity index (χ4n) is 5.28. The van der Waals surface area contributed by atoms with Crippen molar-refractivity contribution in [2.45, 2.75) is 148 Å². The largest absolute Gasteiger partial charge is 0.472 e. The molecule has 0 spiro atoms. The Hall–Kier alpha value is -3.37. The lowest BCUT2D eigenvalue weighted by molar-refractivity contribution is -0.161. The highest BCUT2D eigenvalue weighted by Gasteiger charge is 2.36. The summed E-state index contributed by atoms with van der Waals surface area (Å²) in [6.45, 7) is 3.39. The summed E-state index contributed by atoms with van der Waals surface area (Å²) in [5.41, 5.74) is 5.34. The van der Waals surface area contributed by atoms with Crippen LogP contribution in [0.4, 0.5) is 0 Å². The number of epoxide rings is 1. The first-order chi connectivity index (χ1) is 28.3. The van der Waals surface area contributed by atoms with Crippen molar-refractivity contribution in [3.63, 3.8) is 0 Å². The molecule has 1 heterocycles. The van der Waals surface area contributed by atoms with Crippen molar-refractivity contribution in [2.24, 2.45) is 5.73 Å². The lowest BCUT2D eigenvalue weighted by Gasteiger charge is -2.19. The van der Waals surface area contributed by atoms with Crippen LogP contribution in [0.15, 0.2) is 109 Å². The summed E-state index contributed by atoms with van der Waals surface area (Å²) < 4.78 is 38.4. The Kier molecular flexibility index (Phi) is 34.4. The maximum absolute atomic E-state index is 12.6. The van der Waals surface area contributed by atoms with Crippen molar-refractivity contribution >= 4 is 19.8 Å². The third-order valence-electron chi connectivity index (χ3n) is 8.56. The minimum atomic E-state index is -4.42. The van der Waals surface area contributed by atoms with Gasteiger partial charge in [-0.25, -0.2) is 4.57 Å². The molecule has 1 saturated heterocycles. The lowest BCUT2D eigenvalue weighted by atomic mass is 10.1. The first-order valence-electron chi connectivity index (χ1n) is 21.5. The van der Waals surface area contributed by atoms with Gasteiger partial charge in [0.05, 0.1) is 25.4 Å². The maximum Gasteiger partial charge on any atom is 0.472 e. The molecule has 11 heteroatoms. The maximum atomic E-state index is 12.6. The van der Waals surface area contributed by atoms with Crippen LogP contribution in [0, 0.1) is 0 Å². The van der Waals surface area contributed by atoms with E-state index in [4.69, 9.17) is 29.0 Å². The number of carbonyl (C=O) groups is 2. The summed E-state index contributed by atoms with van der Waals surface area (Å²) in [5, 5.41) is 0. The van der Waals surface area contributed by atoms with E-state index in [0.29, 0.717) is 19.3 Å². The summed E-state index contributed by atoms with van der Waals surface area (Å²) >= 11 is 0. The van der Waals surface area contributed by atoms with Gasteiger partial charge in [0.2, 0.25) is 0 Å². The number of unbranched alkanes of at least 4 members (excludes halogenated alkanes) is 4. The van der Waals surface area contributed by atoms with Crippen LogP contribution in [-0.2, 0) is 37.4 Å². The normalized spacial score (nSPS) is 17.9. The topological polar surface area (TPSA) is 147 Å². The molecule has 0 bridgehead atoms. The van der Waals surface area contributed by atoms with Crippen LogP contribution in [0.1, 0.15) is 129 Å². The molecule has 0 amide bonds. The van der Waals surface area contributed by atoms with E-state index >= 15 is 0 Å². The highest BCUT2D eigenvalue weighted by molar-refractivity contribution is 7.47. The van der Waals surface area contributed by atoms with Crippen LogP contribution in [0.3, 0.4) is 0 Å². The van der Waals surface area contributed by atoms with Gasteiger partial charge in [-0.1, -0.05) is 136 Å². The van der Waals surface area contributed by atoms with Gasteiger partial charge in [-0.2, -0.15) is 0 Å². The molecular formula is C47H74NO9P. The van der Waals surface area contributed by atoms with Crippen LogP contribution in [0.25, 0.3) is 0 Å². The minimum absolute atomic E-state index is 0.0256. The molecule has 0 saturated carbocycles. The molecular weight excluding hydrogens is 753 g/mol. The number of hydrogen-bond acceptors (Lipinski definition) is 9. The Labute approximate surface area is 350 Å². The summed E-state index contributed by atoms with van der Waals surface area (Å²) in [6, 6.07) is 0. The Balaban J connectivity index is 2.30. The number of carbonyl (C=O) groups excluding carboxylic acids is 2. The van der Waals surface area contributed by atoms with Gasteiger partial charge in [0, 0.05) is 19.4 Å². The van der Waals surface area contributed by atoms with Crippen molar-refractivity contribution in [3.05, 3.63) is 109 Å². The van der Waals surface area contributed by atoms with Crippen molar-refractivity contribution in [3.8, 4) is 0 Å². The van der Waals surface area contributed by atoms with E-state index in [1.165, 1.54) is 19.3 Å². The predicted molar refractivity (Wildman–Crippen MR) is 237 cm³/mol. The van der Waals surface area contributed by atoms with E-state index in [1.54, 1.807) is 0 Å². The number of rotatable bonds is 37. The number of nitrogens with two attached hydrogens (primary N) is 1. The van der Waals surface area contributed by atoms with Crippen LogP contribution < -0.4 is 5.73 Å². The smallest absolute Gasteiger partial charge is 0.462 e. The molecule has 10 nitrogen and oxygen atoms in total. The van der Waals surface area contributed by atoms with Gasteiger partial charge in [0.15, 0.2) is 6.10 Å². The molecule has 0 aromatic heterocycles. The molecule has 0 aromatic rings. The molecule has 0 radical (unpaired) electrons. The first-order valence-corrected chi connectivity index (χ1v) is 23.0. The van der Waals surface area contributed by atoms with Gasteiger partial charge < -0.3 is 24.8 Å².